The molecule has 0 aliphatic carbocycles. The fraction of sp³-hybridized carbons (Fsp3) is 1.00. The summed E-state index contributed by atoms with van der Waals surface area (Å²) >= 11 is 0. The Morgan fingerprint density at radius 3 is 3.09 bits per heavy atom. The first-order chi connectivity index (χ1) is 4.87. The van der Waals surface area contributed by atoms with E-state index in [4.69, 9.17) is 10.5 Å². The Bertz CT molecular complexity index is 132. The van der Waals surface area contributed by atoms with Gasteiger partial charge in [-0.05, 0) is 6.42 Å². The van der Waals surface area contributed by atoms with Crippen LogP contribution < -0.4 is 11.1 Å². The number of hydrogen-bond acceptors (Lipinski definition) is 3. The molecule has 2 aliphatic rings. The zero-order valence-corrected chi connectivity index (χ0v) is 7.32. The molecule has 2 fully saturated rings. The van der Waals surface area contributed by atoms with E-state index in [0.717, 1.165) is 19.7 Å². The average Bonchev–Trinajstić information content (AvgIpc) is 2.42. The van der Waals surface area contributed by atoms with Crippen LogP contribution in [-0.2, 0) is 4.74 Å². The minimum atomic E-state index is 0. The SMILES string of the molecule is Cl.NCC12CNCC1CCO2. The van der Waals surface area contributed by atoms with Crippen molar-refractivity contribution in [2.45, 2.75) is 12.0 Å². The van der Waals surface area contributed by atoms with Crippen LogP contribution in [0, 0.1) is 5.92 Å². The topological polar surface area (TPSA) is 47.3 Å². The van der Waals surface area contributed by atoms with Gasteiger partial charge < -0.3 is 15.8 Å². The van der Waals surface area contributed by atoms with Gasteiger partial charge in [0, 0.05) is 32.2 Å². The first-order valence-corrected chi connectivity index (χ1v) is 3.92. The number of hydrogen-bond donors (Lipinski definition) is 2. The van der Waals surface area contributed by atoms with E-state index < -0.39 is 0 Å². The number of nitrogens with two attached hydrogens (primary N) is 1. The van der Waals surface area contributed by atoms with Crippen LogP contribution >= 0.6 is 12.4 Å². The maximum absolute atomic E-state index is 5.64. The smallest absolute Gasteiger partial charge is 0.0968 e. The molecule has 0 saturated carbocycles. The normalized spacial score (nSPS) is 41.7. The lowest BCUT2D eigenvalue weighted by atomic mass is 9.91. The van der Waals surface area contributed by atoms with Crippen molar-refractivity contribution < 1.29 is 4.74 Å². The van der Waals surface area contributed by atoms with Gasteiger partial charge in [-0.2, -0.15) is 0 Å². The van der Waals surface area contributed by atoms with E-state index in [2.05, 4.69) is 5.32 Å². The van der Waals surface area contributed by atoms with Crippen molar-refractivity contribution in [2.75, 3.05) is 26.2 Å². The molecule has 2 atom stereocenters. The minimum absolute atomic E-state index is 0. The molecule has 3 nitrogen and oxygen atoms in total. The van der Waals surface area contributed by atoms with Gasteiger partial charge in [0.05, 0.1) is 5.60 Å². The highest BCUT2D eigenvalue weighted by Crippen LogP contribution is 2.33. The van der Waals surface area contributed by atoms with Gasteiger partial charge in [0.2, 0.25) is 0 Å². The third-order valence-electron chi connectivity index (χ3n) is 2.76. The van der Waals surface area contributed by atoms with E-state index in [1.54, 1.807) is 0 Å². The average molecular weight is 179 g/mol. The molecule has 11 heavy (non-hydrogen) atoms. The van der Waals surface area contributed by atoms with Crippen LogP contribution in [0.1, 0.15) is 6.42 Å². The molecule has 0 radical (unpaired) electrons. The van der Waals surface area contributed by atoms with Crippen LogP contribution in [0.3, 0.4) is 0 Å². The van der Waals surface area contributed by atoms with Gasteiger partial charge >= 0.3 is 0 Å². The molecule has 0 amide bonds. The predicted octanol–water partition coefficient (Wildman–Crippen LogP) is -0.255. The van der Waals surface area contributed by atoms with E-state index in [9.17, 15) is 0 Å². The minimum Gasteiger partial charge on any atom is -0.372 e. The van der Waals surface area contributed by atoms with Crippen molar-refractivity contribution in [3.63, 3.8) is 0 Å². The molecule has 2 unspecified atom stereocenters. The summed E-state index contributed by atoms with van der Waals surface area (Å²) in [5.41, 5.74) is 5.66. The first kappa shape index (κ1) is 9.26. The van der Waals surface area contributed by atoms with Crippen molar-refractivity contribution in [1.29, 1.82) is 0 Å². The number of halogens is 1. The van der Waals surface area contributed by atoms with Gasteiger partial charge in [-0.1, -0.05) is 0 Å². The van der Waals surface area contributed by atoms with E-state index in [0.29, 0.717) is 12.5 Å². The number of ether oxygens (including phenoxy) is 1. The molecule has 0 aromatic rings. The largest absolute Gasteiger partial charge is 0.372 e. The summed E-state index contributed by atoms with van der Waals surface area (Å²) in [6.07, 6.45) is 1.18. The quantitative estimate of drug-likeness (QED) is 0.582. The molecule has 4 heteroatoms. The Morgan fingerprint density at radius 2 is 2.45 bits per heavy atom. The molecular formula is C7H15ClN2O. The van der Waals surface area contributed by atoms with Crippen LogP contribution in [0.2, 0.25) is 0 Å². The Labute approximate surface area is 73.1 Å². The number of nitrogens with one attached hydrogen (secondary N) is 1. The molecule has 2 saturated heterocycles. The molecule has 0 aromatic heterocycles. The molecule has 2 heterocycles. The number of rotatable bonds is 1. The van der Waals surface area contributed by atoms with Crippen LogP contribution in [0.25, 0.3) is 0 Å². The van der Waals surface area contributed by atoms with Gasteiger partial charge in [-0.15, -0.1) is 12.4 Å². The van der Waals surface area contributed by atoms with Crippen LogP contribution in [0.15, 0.2) is 0 Å². The maximum Gasteiger partial charge on any atom is 0.0968 e. The van der Waals surface area contributed by atoms with Crippen LogP contribution in [0.5, 0.6) is 0 Å². The van der Waals surface area contributed by atoms with E-state index in [1.807, 2.05) is 0 Å². The molecule has 2 rings (SSSR count). The lowest BCUT2D eigenvalue weighted by Gasteiger charge is -2.24. The lowest BCUT2D eigenvalue weighted by Crippen LogP contribution is -2.43. The second-order valence-electron chi connectivity index (χ2n) is 3.23. The zero-order chi connectivity index (χ0) is 7.03. The van der Waals surface area contributed by atoms with Gasteiger partial charge in [0.25, 0.3) is 0 Å². The van der Waals surface area contributed by atoms with E-state index in [1.165, 1.54) is 6.42 Å². The Balaban J connectivity index is 0.000000605. The van der Waals surface area contributed by atoms with Crippen LogP contribution in [0.4, 0.5) is 0 Å². The van der Waals surface area contributed by atoms with Crippen molar-refractivity contribution in [1.82, 2.24) is 5.32 Å². The molecule has 3 N–H and O–H groups in total. The van der Waals surface area contributed by atoms with Gasteiger partial charge in [0.15, 0.2) is 0 Å². The van der Waals surface area contributed by atoms with Crippen molar-refractivity contribution in [3.05, 3.63) is 0 Å². The molecule has 2 aliphatic heterocycles. The van der Waals surface area contributed by atoms with Crippen molar-refractivity contribution >= 4 is 12.4 Å². The number of fused-ring (bicyclic) bond motifs is 1. The van der Waals surface area contributed by atoms with Crippen LogP contribution in [-0.4, -0.2) is 31.8 Å². The Hall–Kier alpha value is 0.170. The monoisotopic (exact) mass is 178 g/mol. The molecule has 66 valence electrons. The van der Waals surface area contributed by atoms with E-state index in [-0.39, 0.29) is 18.0 Å². The zero-order valence-electron chi connectivity index (χ0n) is 6.51. The fourth-order valence-corrected chi connectivity index (χ4v) is 2.02. The second-order valence-corrected chi connectivity index (χ2v) is 3.23. The van der Waals surface area contributed by atoms with E-state index >= 15 is 0 Å². The van der Waals surface area contributed by atoms with Crippen molar-refractivity contribution in [3.8, 4) is 0 Å². The summed E-state index contributed by atoms with van der Waals surface area (Å²) in [5.74, 6) is 0.678. The first-order valence-electron chi connectivity index (χ1n) is 3.92. The Kier molecular flexibility index (Phi) is 2.75. The fourth-order valence-electron chi connectivity index (χ4n) is 2.02. The summed E-state index contributed by atoms with van der Waals surface area (Å²) < 4.78 is 5.63. The third kappa shape index (κ3) is 1.26. The highest BCUT2D eigenvalue weighted by Gasteiger charge is 2.46. The highest BCUT2D eigenvalue weighted by molar-refractivity contribution is 5.85. The summed E-state index contributed by atoms with van der Waals surface area (Å²) in [6, 6.07) is 0. The molecule has 0 spiro atoms. The summed E-state index contributed by atoms with van der Waals surface area (Å²) in [4.78, 5) is 0. The summed E-state index contributed by atoms with van der Waals surface area (Å²) in [6.45, 7) is 3.62. The molecular weight excluding hydrogens is 164 g/mol. The third-order valence-corrected chi connectivity index (χ3v) is 2.76. The summed E-state index contributed by atoms with van der Waals surface area (Å²) in [5, 5.41) is 3.31. The van der Waals surface area contributed by atoms with Gasteiger partial charge in [-0.25, -0.2) is 0 Å². The molecule has 0 bridgehead atoms. The van der Waals surface area contributed by atoms with Crippen molar-refractivity contribution in [2.24, 2.45) is 11.7 Å². The van der Waals surface area contributed by atoms with Gasteiger partial charge in [-0.3, -0.25) is 0 Å². The maximum atomic E-state index is 5.64. The highest BCUT2D eigenvalue weighted by atomic mass is 35.5. The standard InChI is InChI=1S/C7H14N2O.ClH/c8-4-7-5-9-3-6(7)1-2-10-7;/h6,9H,1-5,8H2;1H. The van der Waals surface area contributed by atoms with Gasteiger partial charge in [0.1, 0.15) is 0 Å². The lowest BCUT2D eigenvalue weighted by molar-refractivity contribution is 0.0111. The molecule has 0 aromatic carbocycles. The summed E-state index contributed by atoms with van der Waals surface area (Å²) in [7, 11) is 0. The predicted molar refractivity (Wildman–Crippen MR) is 46.0 cm³/mol. The second kappa shape index (κ2) is 3.27. The Morgan fingerprint density at radius 1 is 1.64 bits per heavy atom.